The average molecular weight is 355 g/mol. The van der Waals surface area contributed by atoms with Crippen LogP contribution in [0.5, 0.6) is 0 Å². The molecule has 2 fully saturated rings. The van der Waals surface area contributed by atoms with Crippen LogP contribution < -0.4 is 5.32 Å². The minimum atomic E-state index is -0.185. The highest BCUT2D eigenvalue weighted by atomic mass is 79.9. The SMILES string of the molecule is CC(C)C1CNC(C2CC2)CN1Cc1ccc(F)c(Br)c1. The second kappa shape index (κ2) is 6.35. The van der Waals surface area contributed by atoms with Crippen molar-refractivity contribution in [3.8, 4) is 0 Å². The van der Waals surface area contributed by atoms with Gasteiger partial charge in [-0.3, -0.25) is 4.90 Å². The van der Waals surface area contributed by atoms with E-state index in [1.807, 2.05) is 12.1 Å². The molecular weight excluding hydrogens is 331 g/mol. The predicted octanol–water partition coefficient (Wildman–Crippen LogP) is 3.80. The molecule has 1 heterocycles. The monoisotopic (exact) mass is 354 g/mol. The van der Waals surface area contributed by atoms with Crippen molar-refractivity contribution in [2.45, 2.75) is 45.3 Å². The summed E-state index contributed by atoms with van der Waals surface area (Å²) in [6.07, 6.45) is 2.75. The fourth-order valence-electron chi connectivity index (χ4n) is 3.38. The quantitative estimate of drug-likeness (QED) is 0.884. The van der Waals surface area contributed by atoms with Gasteiger partial charge in [0, 0.05) is 31.7 Å². The minimum Gasteiger partial charge on any atom is -0.311 e. The highest BCUT2D eigenvalue weighted by Gasteiger charge is 2.37. The van der Waals surface area contributed by atoms with Crippen LogP contribution in [0, 0.1) is 17.7 Å². The van der Waals surface area contributed by atoms with Gasteiger partial charge in [-0.15, -0.1) is 0 Å². The third kappa shape index (κ3) is 3.66. The first-order chi connectivity index (χ1) is 10.0. The normalized spacial score (nSPS) is 27.3. The Kier molecular flexibility index (Phi) is 4.67. The zero-order valence-electron chi connectivity index (χ0n) is 12.8. The molecular formula is C17H24BrFN2. The van der Waals surface area contributed by atoms with Crippen molar-refractivity contribution < 1.29 is 4.39 Å². The Labute approximate surface area is 135 Å². The lowest BCUT2D eigenvalue weighted by Crippen LogP contribution is -2.58. The Morgan fingerprint density at radius 1 is 1.38 bits per heavy atom. The molecule has 0 radical (unpaired) electrons. The molecule has 0 spiro atoms. The number of hydrogen-bond donors (Lipinski definition) is 1. The van der Waals surface area contributed by atoms with Gasteiger partial charge in [0.1, 0.15) is 5.82 Å². The highest BCUT2D eigenvalue weighted by Crippen LogP contribution is 2.35. The Morgan fingerprint density at radius 2 is 2.14 bits per heavy atom. The van der Waals surface area contributed by atoms with Crippen molar-refractivity contribution in [3.05, 3.63) is 34.1 Å². The number of hydrogen-bond acceptors (Lipinski definition) is 2. The summed E-state index contributed by atoms with van der Waals surface area (Å²) in [4.78, 5) is 2.59. The number of rotatable bonds is 4. The van der Waals surface area contributed by atoms with Crippen molar-refractivity contribution >= 4 is 15.9 Å². The van der Waals surface area contributed by atoms with Crippen molar-refractivity contribution in [3.63, 3.8) is 0 Å². The van der Waals surface area contributed by atoms with Gasteiger partial charge in [-0.25, -0.2) is 4.39 Å². The second-order valence-electron chi connectivity index (χ2n) is 6.84. The van der Waals surface area contributed by atoms with Gasteiger partial charge in [0.2, 0.25) is 0 Å². The van der Waals surface area contributed by atoms with Crippen LogP contribution in [0.25, 0.3) is 0 Å². The van der Waals surface area contributed by atoms with Gasteiger partial charge < -0.3 is 5.32 Å². The molecule has 0 bridgehead atoms. The number of piperazine rings is 1. The Hall–Kier alpha value is -0.450. The molecule has 0 amide bonds. The van der Waals surface area contributed by atoms with E-state index in [4.69, 9.17) is 0 Å². The van der Waals surface area contributed by atoms with E-state index in [2.05, 4.69) is 40.0 Å². The maximum atomic E-state index is 13.4. The van der Waals surface area contributed by atoms with Crippen molar-refractivity contribution in [1.82, 2.24) is 10.2 Å². The lowest BCUT2D eigenvalue weighted by molar-refractivity contribution is 0.0852. The molecule has 1 N–H and O–H groups in total. The molecule has 4 heteroatoms. The number of nitrogens with one attached hydrogen (secondary N) is 1. The zero-order chi connectivity index (χ0) is 15.0. The summed E-state index contributed by atoms with van der Waals surface area (Å²) in [5, 5.41) is 3.74. The summed E-state index contributed by atoms with van der Waals surface area (Å²) in [5.74, 6) is 1.32. The number of benzene rings is 1. The summed E-state index contributed by atoms with van der Waals surface area (Å²) >= 11 is 3.29. The van der Waals surface area contributed by atoms with E-state index in [0.717, 1.165) is 25.6 Å². The summed E-state index contributed by atoms with van der Waals surface area (Å²) in [7, 11) is 0. The van der Waals surface area contributed by atoms with Gasteiger partial charge in [-0.1, -0.05) is 19.9 Å². The maximum absolute atomic E-state index is 13.4. The van der Waals surface area contributed by atoms with E-state index in [9.17, 15) is 4.39 Å². The van der Waals surface area contributed by atoms with Crippen LogP contribution in [0.2, 0.25) is 0 Å². The van der Waals surface area contributed by atoms with E-state index in [1.54, 1.807) is 6.07 Å². The molecule has 2 atom stereocenters. The number of nitrogens with zero attached hydrogens (tertiary/aromatic N) is 1. The third-order valence-corrected chi connectivity index (χ3v) is 5.43. The lowest BCUT2D eigenvalue weighted by Gasteiger charge is -2.42. The first-order valence-corrected chi connectivity index (χ1v) is 8.75. The van der Waals surface area contributed by atoms with E-state index < -0.39 is 0 Å². The Bertz CT molecular complexity index is 502. The molecule has 2 unspecified atom stereocenters. The average Bonchev–Trinajstić information content (AvgIpc) is 3.27. The molecule has 116 valence electrons. The molecule has 1 aromatic carbocycles. The fourth-order valence-corrected chi connectivity index (χ4v) is 3.81. The number of halogens is 2. The van der Waals surface area contributed by atoms with E-state index >= 15 is 0 Å². The maximum Gasteiger partial charge on any atom is 0.137 e. The van der Waals surface area contributed by atoms with E-state index in [0.29, 0.717) is 22.5 Å². The molecule has 2 nitrogen and oxygen atoms in total. The molecule has 1 aliphatic carbocycles. The van der Waals surface area contributed by atoms with Gasteiger partial charge in [-0.05, 0) is 58.3 Å². The predicted molar refractivity (Wildman–Crippen MR) is 87.7 cm³/mol. The molecule has 1 aliphatic heterocycles. The van der Waals surface area contributed by atoms with Crippen LogP contribution in [0.3, 0.4) is 0 Å². The molecule has 21 heavy (non-hydrogen) atoms. The summed E-state index contributed by atoms with van der Waals surface area (Å²) in [6.45, 7) is 7.67. The highest BCUT2D eigenvalue weighted by molar-refractivity contribution is 9.10. The van der Waals surface area contributed by atoms with Crippen molar-refractivity contribution in [1.29, 1.82) is 0 Å². The molecule has 1 aromatic rings. The van der Waals surface area contributed by atoms with Gasteiger partial charge >= 0.3 is 0 Å². The topological polar surface area (TPSA) is 15.3 Å². The van der Waals surface area contributed by atoms with E-state index in [1.165, 1.54) is 18.4 Å². The summed E-state index contributed by atoms with van der Waals surface area (Å²) in [6, 6.07) is 6.59. The van der Waals surface area contributed by atoms with Gasteiger partial charge in [0.25, 0.3) is 0 Å². The van der Waals surface area contributed by atoms with Crippen LogP contribution in [0.15, 0.2) is 22.7 Å². The van der Waals surface area contributed by atoms with Crippen LogP contribution in [-0.4, -0.2) is 30.1 Å². The van der Waals surface area contributed by atoms with E-state index in [-0.39, 0.29) is 5.82 Å². The zero-order valence-corrected chi connectivity index (χ0v) is 14.4. The Morgan fingerprint density at radius 3 is 2.76 bits per heavy atom. The van der Waals surface area contributed by atoms with Crippen molar-refractivity contribution in [2.75, 3.05) is 13.1 Å². The van der Waals surface area contributed by atoms with Gasteiger partial charge in [0.05, 0.1) is 4.47 Å². The van der Waals surface area contributed by atoms with Gasteiger partial charge in [-0.2, -0.15) is 0 Å². The Balaban J connectivity index is 1.73. The van der Waals surface area contributed by atoms with Crippen LogP contribution in [-0.2, 0) is 6.54 Å². The smallest absolute Gasteiger partial charge is 0.137 e. The van der Waals surface area contributed by atoms with Crippen LogP contribution in [0.1, 0.15) is 32.3 Å². The third-order valence-electron chi connectivity index (χ3n) is 4.82. The lowest BCUT2D eigenvalue weighted by atomic mass is 9.96. The first-order valence-electron chi connectivity index (χ1n) is 7.96. The standard InChI is InChI=1S/C17H24BrFN2/c1-11(2)17-8-20-16(13-4-5-13)10-21(17)9-12-3-6-15(19)14(18)7-12/h3,6-7,11,13,16-17,20H,4-5,8-10H2,1-2H3. The molecule has 2 aliphatic rings. The molecule has 0 aromatic heterocycles. The fraction of sp³-hybridized carbons (Fsp3) is 0.647. The molecule has 3 rings (SSSR count). The summed E-state index contributed by atoms with van der Waals surface area (Å²) < 4.78 is 14.0. The van der Waals surface area contributed by atoms with Crippen molar-refractivity contribution in [2.24, 2.45) is 11.8 Å². The second-order valence-corrected chi connectivity index (χ2v) is 7.70. The largest absolute Gasteiger partial charge is 0.311 e. The minimum absolute atomic E-state index is 0.185. The molecule has 1 saturated carbocycles. The molecule has 1 saturated heterocycles. The summed E-state index contributed by atoms with van der Waals surface area (Å²) in [5.41, 5.74) is 1.19. The van der Waals surface area contributed by atoms with Crippen LogP contribution >= 0.6 is 15.9 Å². The first kappa shape index (κ1) is 15.4. The van der Waals surface area contributed by atoms with Gasteiger partial charge in [0.15, 0.2) is 0 Å². The van der Waals surface area contributed by atoms with Crippen LogP contribution in [0.4, 0.5) is 4.39 Å².